The topological polar surface area (TPSA) is 106 Å². The Morgan fingerprint density at radius 2 is 2.13 bits per heavy atom. The van der Waals surface area contributed by atoms with Crippen molar-refractivity contribution in [3.63, 3.8) is 0 Å². The minimum Gasteiger partial charge on any atom is -0.348 e. The van der Waals surface area contributed by atoms with E-state index >= 15 is 0 Å². The first kappa shape index (κ1) is 19.9. The van der Waals surface area contributed by atoms with Gasteiger partial charge in [-0.05, 0) is 25.8 Å². The molecule has 0 unspecified atom stereocenters. The Kier molecular flexibility index (Phi) is 5.15. The molecule has 3 aromatic heterocycles. The number of nitrogens with one attached hydrogen (secondary N) is 2. The Hall–Kier alpha value is -3.43. The number of hydrogen-bond donors (Lipinski definition) is 2. The summed E-state index contributed by atoms with van der Waals surface area (Å²) in [7, 11) is 1.86. The van der Waals surface area contributed by atoms with Crippen LogP contribution in [0.5, 0.6) is 0 Å². The lowest BCUT2D eigenvalue weighted by atomic mass is 10.1. The number of imidazole rings is 1. The number of nitrogens with zero attached hydrogens (tertiary/aromatic N) is 7. The smallest absolute Gasteiger partial charge is 0.243 e. The number of carbonyl (C=O) groups is 1. The van der Waals surface area contributed by atoms with Crippen LogP contribution >= 0.6 is 0 Å². The van der Waals surface area contributed by atoms with Crippen molar-refractivity contribution in [3.8, 4) is 0 Å². The van der Waals surface area contributed by atoms with Crippen molar-refractivity contribution in [2.75, 3.05) is 23.3 Å². The van der Waals surface area contributed by atoms with E-state index in [1.54, 1.807) is 17.2 Å². The second-order valence-electron chi connectivity index (χ2n) is 8.02. The number of fused-ring (bicyclic) bond motifs is 1. The fourth-order valence-electron chi connectivity index (χ4n) is 3.69. The van der Waals surface area contributed by atoms with Crippen LogP contribution in [-0.4, -0.2) is 54.3 Å². The molecule has 0 aromatic carbocycles. The monoisotopic (exact) mass is 409 g/mol. The molecule has 1 amide bonds. The Morgan fingerprint density at radius 3 is 2.80 bits per heavy atom. The third-order valence-electron chi connectivity index (χ3n) is 5.34. The van der Waals surface area contributed by atoms with Crippen LogP contribution in [0.2, 0.25) is 0 Å². The molecule has 158 valence electrons. The first-order valence-corrected chi connectivity index (χ1v) is 10.0. The van der Waals surface area contributed by atoms with Crippen molar-refractivity contribution in [1.82, 2.24) is 34.6 Å². The van der Waals surface area contributed by atoms with Gasteiger partial charge in [-0.3, -0.25) is 9.48 Å². The molecule has 1 aliphatic heterocycles. The van der Waals surface area contributed by atoms with Crippen LogP contribution in [0.25, 0.3) is 11.2 Å². The van der Waals surface area contributed by atoms with Gasteiger partial charge in [-0.2, -0.15) is 15.1 Å². The molecular formula is C20H27N9O. The summed E-state index contributed by atoms with van der Waals surface area (Å²) in [5.41, 5.74) is 2.31. The van der Waals surface area contributed by atoms with Crippen LogP contribution in [0.1, 0.15) is 26.8 Å². The molecule has 0 radical (unpaired) electrons. The van der Waals surface area contributed by atoms with Crippen molar-refractivity contribution >= 4 is 34.5 Å². The van der Waals surface area contributed by atoms with Crippen LogP contribution < -0.4 is 15.5 Å². The first-order chi connectivity index (χ1) is 14.4. The molecule has 2 atom stereocenters. The molecule has 1 fully saturated rings. The summed E-state index contributed by atoms with van der Waals surface area (Å²) in [4.78, 5) is 28.0. The molecule has 0 spiro atoms. The van der Waals surface area contributed by atoms with Crippen LogP contribution in [0.4, 0.5) is 17.5 Å². The van der Waals surface area contributed by atoms with Crippen molar-refractivity contribution in [3.05, 3.63) is 31.4 Å². The third kappa shape index (κ3) is 3.72. The van der Waals surface area contributed by atoms with Gasteiger partial charge in [0.1, 0.15) is 0 Å². The lowest BCUT2D eigenvalue weighted by Gasteiger charge is -2.18. The summed E-state index contributed by atoms with van der Waals surface area (Å²) in [6.07, 6.45) is 6.72. The molecule has 10 nitrogen and oxygen atoms in total. The molecule has 1 saturated heterocycles. The number of rotatable bonds is 6. The highest BCUT2D eigenvalue weighted by atomic mass is 16.1. The van der Waals surface area contributed by atoms with Gasteiger partial charge in [0, 0.05) is 32.4 Å². The quantitative estimate of drug-likeness (QED) is 0.600. The van der Waals surface area contributed by atoms with Crippen molar-refractivity contribution in [2.24, 2.45) is 13.0 Å². The molecule has 3 aromatic rings. The van der Waals surface area contributed by atoms with Gasteiger partial charge in [0.15, 0.2) is 17.0 Å². The van der Waals surface area contributed by atoms with Crippen molar-refractivity contribution in [2.45, 2.75) is 32.9 Å². The van der Waals surface area contributed by atoms with E-state index in [1.807, 2.05) is 17.8 Å². The van der Waals surface area contributed by atoms with Crippen LogP contribution in [0.3, 0.4) is 0 Å². The van der Waals surface area contributed by atoms with Gasteiger partial charge in [0.2, 0.25) is 11.9 Å². The zero-order chi connectivity index (χ0) is 21.4. The van der Waals surface area contributed by atoms with Gasteiger partial charge in [-0.15, -0.1) is 0 Å². The molecular weight excluding hydrogens is 382 g/mol. The van der Waals surface area contributed by atoms with E-state index in [0.717, 1.165) is 17.9 Å². The number of anilines is 3. The van der Waals surface area contributed by atoms with Crippen LogP contribution in [0.15, 0.2) is 31.4 Å². The highest BCUT2D eigenvalue weighted by molar-refractivity contribution is 5.87. The summed E-state index contributed by atoms with van der Waals surface area (Å²) in [6.45, 7) is 11.2. The lowest BCUT2D eigenvalue weighted by molar-refractivity contribution is -0.117. The fraction of sp³-hybridized carbons (Fsp3) is 0.450. The SMILES string of the molecule is C=CC(=O)N[C@@H]1CN(c2nc(Nc3cnn(C)c3)c3ncn(C(C)C)c3n2)C[C@@H]1C. The standard InChI is InChI=1S/C20H27N9O/c1-6-16(30)24-15-10-28(8-13(15)4)20-25-18(23-14-7-22-27(5)9-14)17-19(26-20)29(11-21-17)12(2)3/h6-7,9,11-13,15H,1,8,10H2,2-5H3,(H,24,30)(H,23,25,26)/t13-,15+/m0/s1. The molecule has 4 heterocycles. The van der Waals surface area contributed by atoms with Gasteiger partial charge in [0.25, 0.3) is 0 Å². The second-order valence-corrected chi connectivity index (χ2v) is 8.02. The Balaban J connectivity index is 1.71. The summed E-state index contributed by atoms with van der Waals surface area (Å²) in [5.74, 6) is 1.34. The normalized spacial score (nSPS) is 18.9. The van der Waals surface area contributed by atoms with Crippen LogP contribution in [-0.2, 0) is 11.8 Å². The van der Waals surface area contributed by atoms with E-state index in [4.69, 9.17) is 9.97 Å². The van der Waals surface area contributed by atoms with E-state index in [-0.39, 0.29) is 23.9 Å². The molecule has 0 aliphatic carbocycles. The number of hydrogen-bond acceptors (Lipinski definition) is 7. The summed E-state index contributed by atoms with van der Waals surface area (Å²) in [6, 6.07) is 0.223. The maximum atomic E-state index is 11.8. The molecule has 1 aliphatic rings. The molecule has 2 N–H and O–H groups in total. The number of carbonyl (C=O) groups excluding carboxylic acids is 1. The summed E-state index contributed by atoms with van der Waals surface area (Å²) >= 11 is 0. The predicted molar refractivity (Wildman–Crippen MR) is 116 cm³/mol. The van der Waals surface area contributed by atoms with Gasteiger partial charge in [0.05, 0.1) is 24.3 Å². The average molecular weight is 409 g/mol. The number of aromatic nitrogens is 6. The first-order valence-electron chi connectivity index (χ1n) is 10.0. The Labute approximate surface area is 175 Å². The number of aryl methyl sites for hydroxylation is 1. The minimum atomic E-state index is -0.165. The maximum absolute atomic E-state index is 11.8. The predicted octanol–water partition coefficient (Wildman–Crippen LogP) is 2.01. The zero-order valence-corrected chi connectivity index (χ0v) is 17.7. The summed E-state index contributed by atoms with van der Waals surface area (Å²) < 4.78 is 3.76. The van der Waals surface area contributed by atoms with Gasteiger partial charge < -0.3 is 20.1 Å². The van der Waals surface area contributed by atoms with E-state index in [0.29, 0.717) is 23.8 Å². The average Bonchev–Trinajstić information content (AvgIpc) is 3.40. The highest BCUT2D eigenvalue weighted by Crippen LogP contribution is 2.29. The van der Waals surface area contributed by atoms with E-state index in [1.165, 1.54) is 6.08 Å². The molecule has 0 saturated carbocycles. The second kappa shape index (κ2) is 7.77. The number of amides is 1. The molecule has 30 heavy (non-hydrogen) atoms. The van der Waals surface area contributed by atoms with Gasteiger partial charge in [-0.25, -0.2) is 4.98 Å². The molecule has 4 rings (SSSR count). The summed E-state index contributed by atoms with van der Waals surface area (Å²) in [5, 5.41) is 10.5. The van der Waals surface area contributed by atoms with Crippen molar-refractivity contribution in [1.29, 1.82) is 0 Å². The Bertz CT molecular complexity index is 1080. The zero-order valence-electron chi connectivity index (χ0n) is 17.7. The van der Waals surface area contributed by atoms with E-state index in [9.17, 15) is 4.79 Å². The molecule has 0 bridgehead atoms. The maximum Gasteiger partial charge on any atom is 0.243 e. The van der Waals surface area contributed by atoms with E-state index < -0.39 is 0 Å². The van der Waals surface area contributed by atoms with Gasteiger partial charge in [-0.1, -0.05) is 13.5 Å². The highest BCUT2D eigenvalue weighted by Gasteiger charge is 2.32. The van der Waals surface area contributed by atoms with E-state index in [2.05, 4.69) is 53.0 Å². The Morgan fingerprint density at radius 1 is 1.33 bits per heavy atom. The van der Waals surface area contributed by atoms with Gasteiger partial charge >= 0.3 is 0 Å². The lowest BCUT2D eigenvalue weighted by Crippen LogP contribution is -2.39. The minimum absolute atomic E-state index is 0.0135. The van der Waals surface area contributed by atoms with Crippen LogP contribution in [0, 0.1) is 5.92 Å². The van der Waals surface area contributed by atoms with Crippen molar-refractivity contribution < 1.29 is 4.79 Å². The largest absolute Gasteiger partial charge is 0.348 e. The molecule has 10 heteroatoms. The fourth-order valence-corrected chi connectivity index (χ4v) is 3.69. The third-order valence-corrected chi connectivity index (χ3v) is 5.34.